The van der Waals surface area contributed by atoms with Crippen LogP contribution in [0, 0.1) is 6.92 Å². The zero-order chi connectivity index (χ0) is 10.7. The highest BCUT2D eigenvalue weighted by molar-refractivity contribution is 5.89. The van der Waals surface area contributed by atoms with E-state index in [1.54, 1.807) is 12.1 Å². The van der Waals surface area contributed by atoms with Crippen molar-refractivity contribution in [3.05, 3.63) is 34.9 Å². The Morgan fingerprint density at radius 2 is 2.21 bits per heavy atom. The third-order valence-corrected chi connectivity index (χ3v) is 2.22. The number of carboxylic acids is 1. The molecule has 1 atom stereocenters. The summed E-state index contributed by atoms with van der Waals surface area (Å²) in [6.07, 6.45) is 0.715. The molecule has 0 aliphatic carbocycles. The molecular formula is C11H15NO2. The fourth-order valence-electron chi connectivity index (χ4n) is 1.48. The highest BCUT2D eigenvalue weighted by atomic mass is 16.4. The Hall–Kier alpha value is -1.35. The Bertz CT molecular complexity index is 345. The van der Waals surface area contributed by atoms with E-state index in [0.29, 0.717) is 12.0 Å². The lowest BCUT2D eigenvalue weighted by Crippen LogP contribution is -2.19. The van der Waals surface area contributed by atoms with Gasteiger partial charge in [-0.3, -0.25) is 0 Å². The zero-order valence-electron chi connectivity index (χ0n) is 8.45. The molecule has 14 heavy (non-hydrogen) atoms. The monoisotopic (exact) mass is 193 g/mol. The van der Waals surface area contributed by atoms with Gasteiger partial charge in [-0.15, -0.1) is 0 Å². The van der Waals surface area contributed by atoms with E-state index in [1.165, 1.54) is 0 Å². The molecule has 76 valence electrons. The van der Waals surface area contributed by atoms with Gasteiger partial charge in [-0.25, -0.2) is 4.79 Å². The summed E-state index contributed by atoms with van der Waals surface area (Å²) in [6, 6.07) is 5.35. The number of carbonyl (C=O) groups is 1. The Kier molecular flexibility index (Phi) is 3.25. The molecule has 0 spiro atoms. The van der Waals surface area contributed by atoms with Crippen LogP contribution in [0.3, 0.4) is 0 Å². The highest BCUT2D eigenvalue weighted by Crippen LogP contribution is 2.15. The Morgan fingerprint density at radius 1 is 1.57 bits per heavy atom. The lowest BCUT2D eigenvalue weighted by atomic mass is 9.98. The summed E-state index contributed by atoms with van der Waals surface area (Å²) < 4.78 is 0. The van der Waals surface area contributed by atoms with Gasteiger partial charge in [0, 0.05) is 6.04 Å². The summed E-state index contributed by atoms with van der Waals surface area (Å²) >= 11 is 0. The van der Waals surface area contributed by atoms with Crippen LogP contribution in [0.5, 0.6) is 0 Å². The van der Waals surface area contributed by atoms with Crippen molar-refractivity contribution < 1.29 is 9.90 Å². The molecule has 0 saturated carbocycles. The minimum Gasteiger partial charge on any atom is -0.478 e. The number of hydrogen-bond acceptors (Lipinski definition) is 2. The van der Waals surface area contributed by atoms with Crippen LogP contribution in [0.4, 0.5) is 0 Å². The molecule has 0 radical (unpaired) electrons. The van der Waals surface area contributed by atoms with E-state index in [4.69, 9.17) is 10.8 Å². The van der Waals surface area contributed by atoms with Crippen LogP contribution in [0.15, 0.2) is 18.2 Å². The Labute approximate surface area is 83.6 Å². The molecule has 0 aliphatic rings. The van der Waals surface area contributed by atoms with E-state index in [-0.39, 0.29) is 6.04 Å². The second kappa shape index (κ2) is 4.24. The normalized spacial score (nSPS) is 12.5. The quantitative estimate of drug-likeness (QED) is 0.766. The Morgan fingerprint density at radius 3 is 2.71 bits per heavy atom. The van der Waals surface area contributed by atoms with E-state index in [1.807, 2.05) is 19.9 Å². The van der Waals surface area contributed by atoms with Crippen molar-refractivity contribution in [2.75, 3.05) is 0 Å². The first kappa shape index (κ1) is 10.7. The third-order valence-electron chi connectivity index (χ3n) is 2.22. The van der Waals surface area contributed by atoms with Gasteiger partial charge >= 0.3 is 5.97 Å². The summed E-state index contributed by atoms with van der Waals surface area (Å²) in [5.74, 6) is -0.881. The van der Waals surface area contributed by atoms with Gasteiger partial charge in [0.25, 0.3) is 0 Å². The topological polar surface area (TPSA) is 63.3 Å². The summed E-state index contributed by atoms with van der Waals surface area (Å²) in [7, 11) is 0. The fourth-order valence-corrected chi connectivity index (χ4v) is 1.48. The van der Waals surface area contributed by atoms with Crippen molar-refractivity contribution >= 4 is 5.97 Å². The van der Waals surface area contributed by atoms with Gasteiger partial charge < -0.3 is 10.8 Å². The van der Waals surface area contributed by atoms with E-state index < -0.39 is 5.97 Å². The van der Waals surface area contributed by atoms with Gasteiger partial charge in [0.2, 0.25) is 0 Å². The van der Waals surface area contributed by atoms with Crippen LogP contribution in [-0.2, 0) is 6.42 Å². The predicted molar refractivity (Wildman–Crippen MR) is 55.5 cm³/mol. The average molecular weight is 193 g/mol. The maximum absolute atomic E-state index is 10.8. The predicted octanol–water partition coefficient (Wildman–Crippen LogP) is 1.58. The summed E-state index contributed by atoms with van der Waals surface area (Å²) in [5, 5.41) is 8.89. The first-order valence-corrected chi connectivity index (χ1v) is 4.59. The van der Waals surface area contributed by atoms with Gasteiger partial charge in [-0.1, -0.05) is 12.1 Å². The maximum atomic E-state index is 10.8. The summed E-state index contributed by atoms with van der Waals surface area (Å²) in [6.45, 7) is 3.73. The van der Waals surface area contributed by atoms with Crippen LogP contribution in [0.25, 0.3) is 0 Å². The van der Waals surface area contributed by atoms with Crippen LogP contribution >= 0.6 is 0 Å². The van der Waals surface area contributed by atoms with Crippen LogP contribution in [0.2, 0.25) is 0 Å². The lowest BCUT2D eigenvalue weighted by molar-refractivity contribution is 0.0696. The molecule has 1 rings (SSSR count). The molecule has 3 heteroatoms. The smallest absolute Gasteiger partial charge is 0.335 e. The van der Waals surface area contributed by atoms with E-state index in [2.05, 4.69) is 0 Å². The maximum Gasteiger partial charge on any atom is 0.335 e. The molecule has 1 aromatic rings. The molecule has 0 saturated heterocycles. The van der Waals surface area contributed by atoms with E-state index >= 15 is 0 Å². The second-order valence-electron chi connectivity index (χ2n) is 3.58. The number of aromatic carboxylic acids is 1. The largest absolute Gasteiger partial charge is 0.478 e. The number of benzene rings is 1. The van der Waals surface area contributed by atoms with Crippen molar-refractivity contribution in [2.24, 2.45) is 5.73 Å². The van der Waals surface area contributed by atoms with Gasteiger partial charge in [-0.2, -0.15) is 0 Å². The molecule has 1 aromatic carbocycles. The number of hydrogen-bond donors (Lipinski definition) is 2. The van der Waals surface area contributed by atoms with Gasteiger partial charge in [-0.05, 0) is 37.5 Å². The van der Waals surface area contributed by atoms with Crippen molar-refractivity contribution in [3.63, 3.8) is 0 Å². The van der Waals surface area contributed by atoms with Crippen LogP contribution < -0.4 is 5.73 Å². The number of rotatable bonds is 3. The molecule has 3 nitrogen and oxygen atoms in total. The van der Waals surface area contributed by atoms with Crippen molar-refractivity contribution in [1.82, 2.24) is 0 Å². The van der Waals surface area contributed by atoms with Crippen molar-refractivity contribution in [1.29, 1.82) is 0 Å². The van der Waals surface area contributed by atoms with Crippen molar-refractivity contribution in [2.45, 2.75) is 26.3 Å². The molecule has 0 aromatic heterocycles. The van der Waals surface area contributed by atoms with Gasteiger partial charge in [0.1, 0.15) is 0 Å². The standard InChI is InChI=1S/C11H15NO2/c1-7(12)6-9-4-3-5-10(8(9)2)11(13)14/h3-5,7H,6,12H2,1-2H3,(H,13,14)/t7-/m0/s1. The number of carboxylic acid groups (broad SMARTS) is 1. The summed E-state index contributed by atoms with van der Waals surface area (Å²) in [5.41, 5.74) is 7.87. The minimum absolute atomic E-state index is 0.0535. The zero-order valence-corrected chi connectivity index (χ0v) is 8.45. The summed E-state index contributed by atoms with van der Waals surface area (Å²) in [4.78, 5) is 10.8. The first-order chi connectivity index (χ1) is 6.52. The third kappa shape index (κ3) is 2.33. The molecule has 3 N–H and O–H groups in total. The van der Waals surface area contributed by atoms with Crippen molar-refractivity contribution in [3.8, 4) is 0 Å². The van der Waals surface area contributed by atoms with Crippen LogP contribution in [0.1, 0.15) is 28.4 Å². The number of nitrogens with two attached hydrogens (primary N) is 1. The second-order valence-corrected chi connectivity index (χ2v) is 3.58. The lowest BCUT2D eigenvalue weighted by Gasteiger charge is -2.10. The fraction of sp³-hybridized carbons (Fsp3) is 0.364. The molecule has 0 unspecified atom stereocenters. The van der Waals surface area contributed by atoms with Crippen LogP contribution in [-0.4, -0.2) is 17.1 Å². The molecule has 0 aliphatic heterocycles. The minimum atomic E-state index is -0.881. The molecule has 0 heterocycles. The average Bonchev–Trinajstić information content (AvgIpc) is 2.07. The highest BCUT2D eigenvalue weighted by Gasteiger charge is 2.10. The molecule has 0 amide bonds. The molecular weight excluding hydrogens is 178 g/mol. The van der Waals surface area contributed by atoms with E-state index in [0.717, 1.165) is 11.1 Å². The SMILES string of the molecule is Cc1c(C[C@H](C)N)cccc1C(=O)O. The van der Waals surface area contributed by atoms with Gasteiger partial charge in [0.15, 0.2) is 0 Å². The molecule has 0 fully saturated rings. The Balaban J connectivity index is 3.07. The first-order valence-electron chi connectivity index (χ1n) is 4.59. The molecule has 0 bridgehead atoms. The van der Waals surface area contributed by atoms with Gasteiger partial charge in [0.05, 0.1) is 5.56 Å². The van der Waals surface area contributed by atoms with E-state index in [9.17, 15) is 4.79 Å².